The lowest BCUT2D eigenvalue weighted by molar-refractivity contribution is -0.0436. The van der Waals surface area contributed by atoms with Crippen LogP contribution >= 0.6 is 22.5 Å². The van der Waals surface area contributed by atoms with Crippen LogP contribution in [0.1, 0.15) is 42.3 Å². The molecule has 2 rings (SSSR count). The summed E-state index contributed by atoms with van der Waals surface area (Å²) in [4.78, 5) is 11.6. The fourth-order valence-electron chi connectivity index (χ4n) is 2.94. The molecule has 0 aliphatic carbocycles. The SMILES string of the molecule is Cc1c(S(=O)(=O)Cl)cc(C(C)(C)C)c(O)c1C(=O)N(Cl)c1ccc(S(=O)(=O)C(F)(F)F)cc1. The number of rotatable bonds is 4. The number of hydrogen-bond donors (Lipinski definition) is 1. The first kappa shape index (κ1) is 27.2. The monoisotopic (exact) mass is 547 g/mol. The van der Waals surface area contributed by atoms with Crippen molar-refractivity contribution >= 4 is 52.9 Å². The van der Waals surface area contributed by atoms with Crippen molar-refractivity contribution in [2.24, 2.45) is 0 Å². The van der Waals surface area contributed by atoms with Crippen LogP contribution in [0, 0.1) is 6.92 Å². The molecule has 0 saturated heterocycles. The lowest BCUT2D eigenvalue weighted by Gasteiger charge is -2.25. The zero-order valence-electron chi connectivity index (χ0n) is 17.5. The van der Waals surface area contributed by atoms with Crippen LogP contribution in [0.4, 0.5) is 18.9 Å². The van der Waals surface area contributed by atoms with Gasteiger partial charge in [0.2, 0.25) is 0 Å². The van der Waals surface area contributed by atoms with E-state index in [4.69, 9.17) is 22.5 Å². The van der Waals surface area contributed by atoms with Gasteiger partial charge < -0.3 is 5.11 Å². The standard InChI is InChI=1S/C19H18Cl2F3NO6S2/c1-10-14(33(21,30)31)9-13(18(2,3)4)16(26)15(10)17(27)25(20)11-5-7-12(8-6-11)32(28,29)19(22,23)24/h5-9,26H,1-4H3. The van der Waals surface area contributed by atoms with Crippen LogP contribution in [-0.4, -0.2) is 33.4 Å². The zero-order chi connectivity index (χ0) is 25.7. The summed E-state index contributed by atoms with van der Waals surface area (Å²) < 4.78 is 85.7. The van der Waals surface area contributed by atoms with E-state index in [2.05, 4.69) is 0 Å². The molecular weight excluding hydrogens is 530 g/mol. The maximum atomic E-state index is 13.1. The Kier molecular flexibility index (Phi) is 7.13. The summed E-state index contributed by atoms with van der Waals surface area (Å²) in [6.45, 7) is 6.16. The molecule has 0 bridgehead atoms. The smallest absolute Gasteiger partial charge is 0.501 e. The Morgan fingerprint density at radius 3 is 1.91 bits per heavy atom. The van der Waals surface area contributed by atoms with Gasteiger partial charge in [0.25, 0.3) is 24.8 Å². The van der Waals surface area contributed by atoms with E-state index in [1.165, 1.54) is 6.92 Å². The highest BCUT2D eigenvalue weighted by Crippen LogP contribution is 2.40. The summed E-state index contributed by atoms with van der Waals surface area (Å²) in [6.07, 6.45) is 0. The number of halogens is 5. The normalized spacial score (nSPS) is 13.1. The molecule has 182 valence electrons. The number of alkyl halides is 3. The Hall–Kier alpha value is -2.02. The summed E-state index contributed by atoms with van der Waals surface area (Å²) in [5.74, 6) is -1.68. The van der Waals surface area contributed by atoms with Gasteiger partial charge >= 0.3 is 5.51 Å². The quantitative estimate of drug-likeness (QED) is 0.425. The Labute approximate surface area is 198 Å². The van der Waals surface area contributed by atoms with E-state index in [1.54, 1.807) is 20.8 Å². The molecule has 0 spiro atoms. The lowest BCUT2D eigenvalue weighted by atomic mass is 9.84. The van der Waals surface area contributed by atoms with Crippen molar-refractivity contribution < 1.29 is 39.9 Å². The van der Waals surface area contributed by atoms with Gasteiger partial charge in [0.1, 0.15) is 5.75 Å². The third kappa shape index (κ3) is 5.23. The van der Waals surface area contributed by atoms with E-state index in [0.717, 1.165) is 18.2 Å². The number of amides is 1. The fourth-order valence-corrected chi connectivity index (χ4v) is 5.10. The molecule has 33 heavy (non-hydrogen) atoms. The molecule has 0 aliphatic rings. The average molecular weight is 548 g/mol. The van der Waals surface area contributed by atoms with Crippen LogP contribution in [0.15, 0.2) is 40.1 Å². The summed E-state index contributed by atoms with van der Waals surface area (Å²) >= 11 is 6.04. The Bertz CT molecular complexity index is 1320. The van der Waals surface area contributed by atoms with Gasteiger partial charge in [0, 0.05) is 28.0 Å². The second-order valence-electron chi connectivity index (χ2n) is 7.99. The number of phenols is 1. The van der Waals surface area contributed by atoms with Gasteiger partial charge in [0.15, 0.2) is 0 Å². The number of aromatic hydroxyl groups is 1. The van der Waals surface area contributed by atoms with Gasteiger partial charge in [-0.15, -0.1) is 0 Å². The van der Waals surface area contributed by atoms with Crippen LogP contribution in [0.5, 0.6) is 5.75 Å². The van der Waals surface area contributed by atoms with E-state index in [0.29, 0.717) is 16.6 Å². The highest BCUT2D eigenvalue weighted by Gasteiger charge is 2.46. The number of benzene rings is 2. The lowest BCUT2D eigenvalue weighted by Crippen LogP contribution is -2.25. The summed E-state index contributed by atoms with van der Waals surface area (Å²) in [6, 6.07) is 4.05. The summed E-state index contributed by atoms with van der Waals surface area (Å²) in [7, 11) is -4.47. The van der Waals surface area contributed by atoms with Crippen LogP contribution in [-0.2, 0) is 24.3 Å². The molecule has 0 aromatic heterocycles. The fraction of sp³-hybridized carbons (Fsp3) is 0.316. The topological polar surface area (TPSA) is 109 Å². The molecule has 1 N–H and O–H groups in total. The van der Waals surface area contributed by atoms with E-state index < -0.39 is 56.8 Å². The third-order valence-corrected chi connectivity index (χ3v) is 7.95. The molecule has 0 fully saturated rings. The maximum Gasteiger partial charge on any atom is 0.501 e. The minimum absolute atomic E-state index is 0.0763. The molecule has 0 unspecified atom stereocenters. The van der Waals surface area contributed by atoms with Gasteiger partial charge in [-0.25, -0.2) is 21.3 Å². The van der Waals surface area contributed by atoms with Gasteiger partial charge in [-0.2, -0.15) is 13.2 Å². The molecule has 1 amide bonds. The molecule has 14 heteroatoms. The van der Waals surface area contributed by atoms with Gasteiger partial charge in [-0.3, -0.25) is 4.79 Å². The Morgan fingerprint density at radius 2 is 1.52 bits per heavy atom. The molecule has 0 saturated carbocycles. The van der Waals surface area contributed by atoms with E-state index in [1.807, 2.05) is 0 Å². The first-order valence-corrected chi connectivity index (χ1v) is 13.1. The van der Waals surface area contributed by atoms with Crippen molar-refractivity contribution in [1.82, 2.24) is 0 Å². The number of anilines is 1. The van der Waals surface area contributed by atoms with Crippen molar-refractivity contribution in [2.45, 2.75) is 48.4 Å². The number of nitrogens with zero attached hydrogens (tertiary/aromatic N) is 1. The number of phenolic OH excluding ortho intramolecular Hbond substituents is 1. The first-order chi connectivity index (χ1) is 14.7. The predicted molar refractivity (Wildman–Crippen MR) is 117 cm³/mol. The molecule has 0 radical (unpaired) electrons. The number of hydrogen-bond acceptors (Lipinski definition) is 6. The minimum atomic E-state index is -5.62. The largest absolute Gasteiger partial charge is 0.507 e. The van der Waals surface area contributed by atoms with Gasteiger partial charge in [-0.05, 0) is 48.2 Å². The number of carbonyl (C=O) groups is 1. The van der Waals surface area contributed by atoms with Crippen LogP contribution in [0.25, 0.3) is 0 Å². The predicted octanol–water partition coefficient (Wildman–Crippen LogP) is 5.02. The Morgan fingerprint density at radius 1 is 1.03 bits per heavy atom. The molecule has 0 atom stereocenters. The molecule has 0 aliphatic heterocycles. The molecular formula is C19H18Cl2F3NO6S2. The summed E-state index contributed by atoms with van der Waals surface area (Å²) in [5.41, 5.74) is -7.21. The molecule has 2 aromatic rings. The van der Waals surface area contributed by atoms with E-state index in [-0.39, 0.29) is 16.8 Å². The summed E-state index contributed by atoms with van der Waals surface area (Å²) in [5, 5.41) is 10.8. The third-order valence-electron chi connectivity index (χ3n) is 4.65. The van der Waals surface area contributed by atoms with Crippen molar-refractivity contribution in [3.05, 3.63) is 47.0 Å². The number of sulfone groups is 1. The zero-order valence-corrected chi connectivity index (χ0v) is 20.7. The average Bonchev–Trinajstić information content (AvgIpc) is 2.64. The van der Waals surface area contributed by atoms with Crippen LogP contribution in [0.2, 0.25) is 0 Å². The van der Waals surface area contributed by atoms with Crippen molar-refractivity contribution in [3.8, 4) is 5.75 Å². The van der Waals surface area contributed by atoms with Crippen LogP contribution < -0.4 is 4.42 Å². The highest BCUT2D eigenvalue weighted by molar-refractivity contribution is 8.13. The van der Waals surface area contributed by atoms with Crippen LogP contribution in [0.3, 0.4) is 0 Å². The van der Waals surface area contributed by atoms with Gasteiger partial charge in [-0.1, -0.05) is 20.8 Å². The van der Waals surface area contributed by atoms with Crippen molar-refractivity contribution in [1.29, 1.82) is 0 Å². The van der Waals surface area contributed by atoms with Crippen molar-refractivity contribution in [3.63, 3.8) is 0 Å². The van der Waals surface area contributed by atoms with E-state index >= 15 is 0 Å². The first-order valence-electron chi connectivity index (χ1n) is 8.94. The Balaban J connectivity index is 2.64. The maximum absolute atomic E-state index is 13.1. The number of carbonyl (C=O) groups excluding carboxylic acids is 1. The minimum Gasteiger partial charge on any atom is -0.507 e. The van der Waals surface area contributed by atoms with Gasteiger partial charge in [0.05, 0.1) is 21.0 Å². The molecule has 2 aromatic carbocycles. The molecule has 0 heterocycles. The second kappa shape index (κ2) is 8.64. The molecule has 7 nitrogen and oxygen atoms in total. The second-order valence-corrected chi connectivity index (χ2v) is 12.8. The highest BCUT2D eigenvalue weighted by atomic mass is 35.7. The van der Waals surface area contributed by atoms with E-state index in [9.17, 15) is 39.9 Å². The van der Waals surface area contributed by atoms with Crippen molar-refractivity contribution in [2.75, 3.05) is 4.42 Å².